The van der Waals surface area contributed by atoms with Crippen LogP contribution in [0.15, 0.2) is 64.4 Å². The summed E-state index contributed by atoms with van der Waals surface area (Å²) in [7, 11) is 0. The molecule has 0 aromatic heterocycles. The molecule has 2 aromatic carbocycles. The average Bonchev–Trinajstić information content (AvgIpc) is 2.68. The zero-order valence-electron chi connectivity index (χ0n) is 16.3. The van der Waals surface area contributed by atoms with Crippen molar-refractivity contribution in [3.63, 3.8) is 0 Å². The third-order valence-corrected chi connectivity index (χ3v) is 5.73. The van der Waals surface area contributed by atoms with Crippen LogP contribution in [-0.4, -0.2) is 6.61 Å². The summed E-state index contributed by atoms with van der Waals surface area (Å²) >= 11 is 1.25. The van der Waals surface area contributed by atoms with Crippen molar-refractivity contribution in [3.05, 3.63) is 54.6 Å². The van der Waals surface area contributed by atoms with Gasteiger partial charge in [-0.3, -0.25) is 0 Å². The molecule has 2 heteroatoms. The van der Waals surface area contributed by atoms with Crippen molar-refractivity contribution in [2.24, 2.45) is 0 Å². The van der Waals surface area contributed by atoms with Crippen molar-refractivity contribution in [2.45, 2.75) is 80.9 Å². The lowest BCUT2D eigenvalue weighted by Gasteiger charge is -2.06. The number of benzene rings is 2. The lowest BCUT2D eigenvalue weighted by Crippen LogP contribution is -1.97. The lowest BCUT2D eigenvalue weighted by atomic mass is 10.1. The van der Waals surface area contributed by atoms with Crippen molar-refractivity contribution < 1.29 is 4.74 Å². The molecule has 0 atom stereocenters. The molecule has 0 saturated heterocycles. The lowest BCUT2D eigenvalue weighted by molar-refractivity contribution is 0.304. The number of ether oxygens (including phenoxy) is 1. The first-order valence-electron chi connectivity index (χ1n) is 10.4. The third-order valence-electron chi connectivity index (χ3n) is 4.62. The minimum atomic E-state index is 0.840. The van der Waals surface area contributed by atoms with Crippen LogP contribution in [0.3, 0.4) is 0 Å². The summed E-state index contributed by atoms with van der Waals surface area (Å²) in [5.74, 6) is 0.993. The summed E-state index contributed by atoms with van der Waals surface area (Å²) in [5.41, 5.74) is 0. The highest BCUT2D eigenvalue weighted by Gasteiger charge is 2.06. The smallest absolute Gasteiger partial charge is 0.158 e. The van der Waals surface area contributed by atoms with E-state index in [0.29, 0.717) is 0 Å². The molecular formula is C24H35OS+. The average molecular weight is 372 g/mol. The topological polar surface area (TPSA) is 9.23 Å². The zero-order chi connectivity index (χ0) is 18.3. The maximum atomic E-state index is 5.88. The summed E-state index contributed by atoms with van der Waals surface area (Å²) < 4.78 is 5.88. The van der Waals surface area contributed by atoms with Crippen LogP contribution in [0.1, 0.15) is 71.1 Å². The highest BCUT2D eigenvalue weighted by Crippen LogP contribution is 2.17. The van der Waals surface area contributed by atoms with E-state index in [1.165, 1.54) is 85.8 Å². The Labute approximate surface area is 164 Å². The minimum Gasteiger partial charge on any atom is -0.494 e. The summed E-state index contributed by atoms with van der Waals surface area (Å²) in [6, 6.07) is 19.1. The molecule has 0 unspecified atom stereocenters. The van der Waals surface area contributed by atoms with Crippen LogP contribution in [0.25, 0.3) is 0 Å². The summed E-state index contributed by atoms with van der Waals surface area (Å²) in [6.45, 7) is 3.12. The van der Waals surface area contributed by atoms with Crippen LogP contribution in [0.4, 0.5) is 0 Å². The van der Waals surface area contributed by atoms with Gasteiger partial charge in [0, 0.05) is 11.8 Å². The van der Waals surface area contributed by atoms with Gasteiger partial charge in [0.1, 0.15) is 5.75 Å². The van der Waals surface area contributed by atoms with E-state index in [4.69, 9.17) is 4.74 Å². The maximum absolute atomic E-state index is 5.88. The molecular weight excluding hydrogens is 336 g/mol. The van der Waals surface area contributed by atoms with Gasteiger partial charge in [0.05, 0.1) is 6.61 Å². The number of thiol groups is 1. The van der Waals surface area contributed by atoms with E-state index in [1.54, 1.807) is 0 Å². The van der Waals surface area contributed by atoms with Gasteiger partial charge in [-0.2, -0.15) is 0 Å². The third kappa shape index (κ3) is 9.33. The molecule has 0 radical (unpaired) electrons. The largest absolute Gasteiger partial charge is 0.494 e. The Morgan fingerprint density at radius 2 is 1.15 bits per heavy atom. The Hall–Kier alpha value is -1.41. The highest BCUT2D eigenvalue weighted by molar-refractivity contribution is 7.78. The fraction of sp³-hybridized carbons (Fsp3) is 0.500. The van der Waals surface area contributed by atoms with Gasteiger partial charge in [0.15, 0.2) is 9.79 Å². The van der Waals surface area contributed by atoms with Crippen molar-refractivity contribution >= 4 is 11.8 Å². The van der Waals surface area contributed by atoms with Crippen LogP contribution in [-0.2, 0) is 11.8 Å². The molecule has 0 heterocycles. The highest BCUT2D eigenvalue weighted by atomic mass is 32.2. The van der Waals surface area contributed by atoms with Gasteiger partial charge in [0.25, 0.3) is 0 Å². The van der Waals surface area contributed by atoms with E-state index in [2.05, 4.69) is 61.5 Å². The van der Waals surface area contributed by atoms with Crippen molar-refractivity contribution in [1.82, 2.24) is 0 Å². The molecule has 0 amide bonds. The SMILES string of the molecule is CCCCCCCCCCCCOc1ccc([SH+]c2ccccc2)cc1. The first kappa shape index (κ1) is 20.9. The van der Waals surface area contributed by atoms with Crippen LogP contribution in [0.5, 0.6) is 5.75 Å². The van der Waals surface area contributed by atoms with Crippen molar-refractivity contribution in [2.75, 3.05) is 6.61 Å². The first-order valence-corrected chi connectivity index (χ1v) is 11.3. The molecule has 1 nitrogen and oxygen atoms in total. The Morgan fingerprint density at radius 1 is 0.615 bits per heavy atom. The molecule has 2 aromatic rings. The second-order valence-electron chi connectivity index (χ2n) is 6.97. The number of hydrogen-bond acceptors (Lipinski definition) is 1. The van der Waals surface area contributed by atoms with E-state index >= 15 is 0 Å². The zero-order valence-corrected chi connectivity index (χ0v) is 17.2. The second-order valence-corrected chi connectivity index (χ2v) is 8.23. The molecule has 0 N–H and O–H groups in total. The van der Waals surface area contributed by atoms with Crippen LogP contribution < -0.4 is 4.74 Å². The van der Waals surface area contributed by atoms with Gasteiger partial charge in [0.2, 0.25) is 0 Å². The molecule has 0 aliphatic heterocycles. The predicted octanol–water partition coefficient (Wildman–Crippen LogP) is 7.22. The van der Waals surface area contributed by atoms with Crippen LogP contribution in [0, 0.1) is 0 Å². The molecule has 0 bridgehead atoms. The summed E-state index contributed by atoms with van der Waals surface area (Å²) in [5, 5.41) is 0. The van der Waals surface area contributed by atoms with E-state index in [0.717, 1.165) is 12.4 Å². The molecule has 2 rings (SSSR count). The van der Waals surface area contributed by atoms with Gasteiger partial charge in [-0.05, 0) is 42.8 Å². The van der Waals surface area contributed by atoms with Crippen LogP contribution >= 0.6 is 0 Å². The van der Waals surface area contributed by atoms with E-state index in [9.17, 15) is 0 Å². The molecule has 0 fully saturated rings. The number of rotatable bonds is 14. The van der Waals surface area contributed by atoms with Gasteiger partial charge in [-0.25, -0.2) is 0 Å². The fourth-order valence-electron chi connectivity index (χ4n) is 3.05. The predicted molar refractivity (Wildman–Crippen MR) is 116 cm³/mol. The number of hydrogen-bond donors (Lipinski definition) is 0. The molecule has 0 saturated carbocycles. The summed E-state index contributed by atoms with van der Waals surface area (Å²) in [6.07, 6.45) is 13.6. The molecule has 0 spiro atoms. The van der Waals surface area contributed by atoms with Crippen molar-refractivity contribution in [1.29, 1.82) is 0 Å². The van der Waals surface area contributed by atoms with Gasteiger partial charge >= 0.3 is 0 Å². The molecule has 142 valence electrons. The normalized spacial score (nSPS) is 10.8. The molecule has 26 heavy (non-hydrogen) atoms. The standard InChI is InChI=1S/C24H34OS/c1-2-3-4-5-6-7-8-9-10-14-21-25-22-17-19-24(20-18-22)26-23-15-12-11-13-16-23/h11-13,15-20H,2-10,14,21H2,1H3/p+1. The quantitative estimate of drug-likeness (QED) is 0.193. The Kier molecular flexibility index (Phi) is 11.1. The van der Waals surface area contributed by atoms with Crippen LogP contribution in [0.2, 0.25) is 0 Å². The Balaban J connectivity index is 1.49. The Bertz CT molecular complexity index is 565. The fourth-order valence-corrected chi connectivity index (χ4v) is 3.97. The minimum absolute atomic E-state index is 0.840. The molecule has 0 aliphatic carbocycles. The van der Waals surface area contributed by atoms with Gasteiger partial charge in [-0.1, -0.05) is 82.9 Å². The molecule has 0 aliphatic rings. The monoisotopic (exact) mass is 371 g/mol. The van der Waals surface area contributed by atoms with E-state index in [1.807, 2.05) is 0 Å². The van der Waals surface area contributed by atoms with Gasteiger partial charge in [-0.15, -0.1) is 0 Å². The number of unbranched alkanes of at least 4 members (excludes halogenated alkanes) is 9. The summed E-state index contributed by atoms with van der Waals surface area (Å²) in [4.78, 5) is 2.63. The first-order chi connectivity index (χ1) is 12.9. The van der Waals surface area contributed by atoms with Gasteiger partial charge < -0.3 is 4.74 Å². The van der Waals surface area contributed by atoms with E-state index < -0.39 is 0 Å². The second kappa shape index (κ2) is 13.7. The maximum Gasteiger partial charge on any atom is 0.158 e. The van der Waals surface area contributed by atoms with E-state index in [-0.39, 0.29) is 0 Å². The Morgan fingerprint density at radius 3 is 1.77 bits per heavy atom. The van der Waals surface area contributed by atoms with Crippen molar-refractivity contribution in [3.8, 4) is 5.75 Å².